The van der Waals surface area contributed by atoms with Crippen LogP contribution in [0, 0.1) is 0 Å². The van der Waals surface area contributed by atoms with Crippen LogP contribution in [0.3, 0.4) is 0 Å². The van der Waals surface area contributed by atoms with E-state index in [9.17, 15) is 0 Å². The van der Waals surface area contributed by atoms with Crippen molar-refractivity contribution >= 4 is 22.5 Å². The third-order valence-corrected chi connectivity index (χ3v) is 4.52. The Morgan fingerprint density at radius 2 is 1.73 bits per heavy atom. The van der Waals surface area contributed by atoms with Gasteiger partial charge in [-0.25, -0.2) is 0 Å². The summed E-state index contributed by atoms with van der Waals surface area (Å²) in [5.41, 5.74) is 3.73. The Morgan fingerprint density at radius 1 is 1.00 bits per heavy atom. The second kappa shape index (κ2) is 8.94. The van der Waals surface area contributed by atoms with Crippen LogP contribution in [0.25, 0.3) is 10.9 Å². The standard InChI is InChI=1S/C21H27N5/c1-22-21(24-14-15-26(2)18-8-4-3-5-9-18)23-13-12-17-16-25-20-11-7-6-10-19(17)20/h3-11,16,25H,12-15H2,1-2H3,(H2,22,23,24). The van der Waals surface area contributed by atoms with Gasteiger partial charge in [-0.15, -0.1) is 0 Å². The number of rotatable bonds is 7. The number of aliphatic imine (C=N–C) groups is 1. The van der Waals surface area contributed by atoms with Gasteiger partial charge in [0.1, 0.15) is 0 Å². The third-order valence-electron chi connectivity index (χ3n) is 4.52. The maximum atomic E-state index is 4.31. The number of hydrogen-bond donors (Lipinski definition) is 3. The molecule has 0 fully saturated rings. The second-order valence-corrected chi connectivity index (χ2v) is 6.29. The number of nitrogens with one attached hydrogen (secondary N) is 3. The number of benzene rings is 2. The van der Waals surface area contributed by atoms with E-state index < -0.39 is 0 Å². The lowest BCUT2D eigenvalue weighted by atomic mass is 10.1. The van der Waals surface area contributed by atoms with E-state index in [1.807, 2.05) is 13.1 Å². The van der Waals surface area contributed by atoms with Gasteiger partial charge in [0.15, 0.2) is 5.96 Å². The van der Waals surface area contributed by atoms with Crippen LogP contribution < -0.4 is 15.5 Å². The number of aromatic nitrogens is 1. The molecule has 1 heterocycles. The minimum Gasteiger partial charge on any atom is -0.373 e. The van der Waals surface area contributed by atoms with Crippen molar-refractivity contribution in [3.8, 4) is 0 Å². The summed E-state index contributed by atoms with van der Waals surface area (Å²) in [6.07, 6.45) is 3.05. The summed E-state index contributed by atoms with van der Waals surface area (Å²) in [6.45, 7) is 2.58. The number of aromatic amines is 1. The highest BCUT2D eigenvalue weighted by molar-refractivity contribution is 5.83. The first-order chi connectivity index (χ1) is 12.8. The topological polar surface area (TPSA) is 55.5 Å². The number of guanidine groups is 1. The molecule has 0 saturated carbocycles. The quantitative estimate of drug-likeness (QED) is 0.454. The number of para-hydroxylation sites is 2. The lowest BCUT2D eigenvalue weighted by molar-refractivity contribution is 0.772. The Balaban J connectivity index is 1.42. The summed E-state index contributed by atoms with van der Waals surface area (Å²) in [7, 11) is 3.91. The second-order valence-electron chi connectivity index (χ2n) is 6.29. The smallest absolute Gasteiger partial charge is 0.191 e. The minimum absolute atomic E-state index is 0.832. The van der Waals surface area contributed by atoms with Crippen molar-refractivity contribution in [3.63, 3.8) is 0 Å². The van der Waals surface area contributed by atoms with Crippen molar-refractivity contribution in [2.45, 2.75) is 6.42 Å². The van der Waals surface area contributed by atoms with Gasteiger partial charge < -0.3 is 20.5 Å². The van der Waals surface area contributed by atoms with Crippen molar-refractivity contribution in [1.29, 1.82) is 0 Å². The Morgan fingerprint density at radius 3 is 2.54 bits per heavy atom. The number of nitrogens with zero attached hydrogens (tertiary/aromatic N) is 2. The fourth-order valence-corrected chi connectivity index (χ4v) is 3.03. The molecule has 0 bridgehead atoms. The van der Waals surface area contributed by atoms with Crippen molar-refractivity contribution < 1.29 is 0 Å². The first kappa shape index (κ1) is 17.9. The van der Waals surface area contributed by atoms with Crippen LogP contribution >= 0.6 is 0 Å². The zero-order valence-corrected chi connectivity index (χ0v) is 15.5. The molecule has 3 rings (SSSR count). The molecule has 0 atom stereocenters. The maximum absolute atomic E-state index is 4.31. The van der Waals surface area contributed by atoms with Crippen LogP contribution in [0.15, 0.2) is 65.8 Å². The van der Waals surface area contributed by atoms with Gasteiger partial charge in [0.05, 0.1) is 0 Å². The molecule has 136 valence electrons. The first-order valence-corrected chi connectivity index (χ1v) is 9.03. The number of anilines is 1. The van der Waals surface area contributed by atoms with Gasteiger partial charge in [0, 0.05) is 56.5 Å². The van der Waals surface area contributed by atoms with Crippen molar-refractivity contribution in [1.82, 2.24) is 15.6 Å². The van der Waals surface area contributed by atoms with E-state index in [2.05, 4.69) is 87.3 Å². The largest absolute Gasteiger partial charge is 0.373 e. The van der Waals surface area contributed by atoms with Gasteiger partial charge in [0.2, 0.25) is 0 Å². The number of likely N-dealkylation sites (N-methyl/N-ethyl adjacent to an activating group) is 1. The molecule has 0 saturated heterocycles. The zero-order valence-electron chi connectivity index (χ0n) is 15.5. The maximum Gasteiger partial charge on any atom is 0.191 e. The SMILES string of the molecule is CN=C(NCCc1c[nH]c2ccccc12)NCCN(C)c1ccccc1. The highest BCUT2D eigenvalue weighted by Gasteiger charge is 2.04. The molecule has 3 N–H and O–H groups in total. The van der Waals surface area contributed by atoms with E-state index >= 15 is 0 Å². The molecular formula is C21H27N5. The van der Waals surface area contributed by atoms with Crippen molar-refractivity contribution in [2.75, 3.05) is 38.6 Å². The predicted octanol–water partition coefficient (Wildman–Crippen LogP) is 3.01. The Bertz CT molecular complexity index is 838. The summed E-state index contributed by atoms with van der Waals surface area (Å²) in [5, 5.41) is 8.06. The first-order valence-electron chi connectivity index (χ1n) is 9.03. The fourth-order valence-electron chi connectivity index (χ4n) is 3.03. The summed E-state index contributed by atoms with van der Waals surface area (Å²) >= 11 is 0. The monoisotopic (exact) mass is 349 g/mol. The fraction of sp³-hybridized carbons (Fsp3) is 0.286. The highest BCUT2D eigenvalue weighted by atomic mass is 15.2. The molecule has 3 aromatic rings. The Hall–Kier alpha value is -2.95. The van der Waals surface area contributed by atoms with Crippen LogP contribution in [0.4, 0.5) is 5.69 Å². The van der Waals surface area contributed by atoms with E-state index in [0.717, 1.165) is 32.0 Å². The van der Waals surface area contributed by atoms with Crippen LogP contribution in [0.2, 0.25) is 0 Å². The molecule has 0 amide bonds. The minimum atomic E-state index is 0.832. The molecule has 26 heavy (non-hydrogen) atoms. The van der Waals surface area contributed by atoms with Gasteiger partial charge in [-0.3, -0.25) is 4.99 Å². The molecule has 0 spiro atoms. The average Bonchev–Trinajstić information content (AvgIpc) is 3.10. The lowest BCUT2D eigenvalue weighted by Gasteiger charge is -2.20. The summed E-state index contributed by atoms with van der Waals surface area (Å²) in [6, 6.07) is 18.8. The molecule has 0 aliphatic heterocycles. The molecular weight excluding hydrogens is 322 g/mol. The van der Waals surface area contributed by atoms with Crippen LogP contribution in [0.1, 0.15) is 5.56 Å². The van der Waals surface area contributed by atoms with Crippen molar-refractivity contribution in [3.05, 3.63) is 66.4 Å². The molecule has 0 radical (unpaired) electrons. The van der Waals surface area contributed by atoms with E-state index in [1.54, 1.807) is 0 Å². The summed E-state index contributed by atoms with van der Waals surface area (Å²) in [5.74, 6) is 0.839. The van der Waals surface area contributed by atoms with E-state index in [4.69, 9.17) is 0 Å². The number of H-pyrrole nitrogens is 1. The van der Waals surface area contributed by atoms with Crippen molar-refractivity contribution in [2.24, 2.45) is 4.99 Å². The third kappa shape index (κ3) is 4.57. The predicted molar refractivity (Wildman–Crippen MR) is 111 cm³/mol. The zero-order chi connectivity index (χ0) is 18.2. The van der Waals surface area contributed by atoms with Gasteiger partial charge >= 0.3 is 0 Å². The lowest BCUT2D eigenvalue weighted by Crippen LogP contribution is -2.41. The molecule has 1 aromatic heterocycles. The number of fused-ring (bicyclic) bond motifs is 1. The van der Waals surface area contributed by atoms with E-state index in [0.29, 0.717) is 0 Å². The molecule has 0 aliphatic rings. The highest BCUT2D eigenvalue weighted by Crippen LogP contribution is 2.17. The molecule has 5 nitrogen and oxygen atoms in total. The van der Waals surface area contributed by atoms with Gasteiger partial charge in [-0.2, -0.15) is 0 Å². The summed E-state index contributed by atoms with van der Waals surface area (Å²) in [4.78, 5) is 9.86. The Kier molecular flexibility index (Phi) is 6.14. The van der Waals surface area contributed by atoms with Gasteiger partial charge in [-0.1, -0.05) is 36.4 Å². The van der Waals surface area contributed by atoms with E-state index in [-0.39, 0.29) is 0 Å². The normalized spacial score (nSPS) is 11.5. The molecule has 0 unspecified atom stereocenters. The Labute approximate surface area is 155 Å². The van der Waals surface area contributed by atoms with Gasteiger partial charge in [-0.05, 0) is 30.2 Å². The molecule has 2 aromatic carbocycles. The molecule has 5 heteroatoms. The van der Waals surface area contributed by atoms with Crippen LogP contribution in [0.5, 0.6) is 0 Å². The van der Waals surface area contributed by atoms with Crippen LogP contribution in [-0.4, -0.2) is 44.7 Å². The van der Waals surface area contributed by atoms with E-state index in [1.165, 1.54) is 22.2 Å². The van der Waals surface area contributed by atoms with Crippen LogP contribution in [-0.2, 0) is 6.42 Å². The van der Waals surface area contributed by atoms with Gasteiger partial charge in [0.25, 0.3) is 0 Å². The average molecular weight is 349 g/mol. The summed E-state index contributed by atoms with van der Waals surface area (Å²) < 4.78 is 0. The number of hydrogen-bond acceptors (Lipinski definition) is 2. The molecule has 0 aliphatic carbocycles.